The van der Waals surface area contributed by atoms with Gasteiger partial charge in [0.05, 0.1) is 0 Å². The molecule has 0 aromatic heterocycles. The van der Waals surface area contributed by atoms with Gasteiger partial charge in [-0.15, -0.1) is 0 Å². The Morgan fingerprint density at radius 2 is 2.05 bits per heavy atom. The van der Waals surface area contributed by atoms with Crippen LogP contribution < -0.4 is 11.1 Å². The maximum atomic E-state index is 11.9. The highest BCUT2D eigenvalue weighted by Gasteiger charge is 2.20. The maximum Gasteiger partial charge on any atom is 0.220 e. The highest BCUT2D eigenvalue weighted by atomic mass is 16.1. The molecule has 2 unspecified atom stereocenters. The molecule has 0 spiro atoms. The second kappa shape index (κ2) is 8.66. The van der Waals surface area contributed by atoms with Crippen molar-refractivity contribution in [3.63, 3.8) is 0 Å². The van der Waals surface area contributed by atoms with E-state index in [0.29, 0.717) is 13.0 Å². The van der Waals surface area contributed by atoms with Gasteiger partial charge in [0, 0.05) is 13.0 Å². The van der Waals surface area contributed by atoms with Crippen molar-refractivity contribution in [3.05, 3.63) is 0 Å². The van der Waals surface area contributed by atoms with Gasteiger partial charge in [0.2, 0.25) is 5.91 Å². The largest absolute Gasteiger partial charge is 0.356 e. The summed E-state index contributed by atoms with van der Waals surface area (Å²) in [7, 11) is 0. The molecule has 3 N–H and O–H groups in total. The number of nitrogens with two attached hydrogens (primary N) is 1. The Morgan fingerprint density at radius 3 is 2.70 bits per heavy atom. The first kappa shape index (κ1) is 17.5. The van der Waals surface area contributed by atoms with E-state index in [1.54, 1.807) is 0 Å². The fourth-order valence-corrected chi connectivity index (χ4v) is 3.29. The summed E-state index contributed by atoms with van der Waals surface area (Å²) >= 11 is 0. The first-order chi connectivity index (χ1) is 9.43. The zero-order valence-electron chi connectivity index (χ0n) is 13.7. The molecule has 0 radical (unpaired) electrons. The first-order valence-electron chi connectivity index (χ1n) is 8.40. The third-order valence-electron chi connectivity index (χ3n) is 4.77. The average Bonchev–Trinajstić information content (AvgIpc) is 2.37. The minimum atomic E-state index is 0.185. The van der Waals surface area contributed by atoms with E-state index < -0.39 is 0 Å². The molecule has 0 heterocycles. The summed E-state index contributed by atoms with van der Waals surface area (Å²) in [6.07, 6.45) is 9.16. The van der Waals surface area contributed by atoms with Crippen molar-refractivity contribution in [1.29, 1.82) is 0 Å². The highest BCUT2D eigenvalue weighted by molar-refractivity contribution is 5.75. The smallest absolute Gasteiger partial charge is 0.220 e. The summed E-state index contributed by atoms with van der Waals surface area (Å²) in [5.74, 6) is 1.91. The number of nitrogens with one attached hydrogen (secondary N) is 1. The molecule has 2 atom stereocenters. The Bertz CT molecular complexity index is 289. The number of rotatable bonds is 8. The number of hydrogen-bond donors (Lipinski definition) is 2. The van der Waals surface area contributed by atoms with Crippen LogP contribution in [-0.4, -0.2) is 19.0 Å². The summed E-state index contributed by atoms with van der Waals surface area (Å²) in [5, 5.41) is 3.09. The van der Waals surface area contributed by atoms with Crippen LogP contribution in [0.15, 0.2) is 0 Å². The molecule has 20 heavy (non-hydrogen) atoms. The van der Waals surface area contributed by atoms with Crippen LogP contribution in [0.1, 0.15) is 72.1 Å². The molecular weight excluding hydrogens is 248 g/mol. The number of amides is 1. The number of carbonyl (C=O) groups is 1. The molecule has 1 aliphatic rings. The molecule has 1 saturated carbocycles. The van der Waals surface area contributed by atoms with Crippen LogP contribution in [0.25, 0.3) is 0 Å². The van der Waals surface area contributed by atoms with Crippen molar-refractivity contribution >= 4 is 5.91 Å². The number of carbonyl (C=O) groups excluding carboxylic acids is 1. The fourth-order valence-electron chi connectivity index (χ4n) is 3.29. The van der Waals surface area contributed by atoms with Crippen LogP contribution in [0.4, 0.5) is 0 Å². The van der Waals surface area contributed by atoms with Gasteiger partial charge in [-0.3, -0.25) is 4.79 Å². The lowest BCUT2D eigenvalue weighted by Crippen LogP contribution is -2.28. The Kier molecular flexibility index (Phi) is 7.57. The van der Waals surface area contributed by atoms with Gasteiger partial charge in [0.15, 0.2) is 0 Å². The van der Waals surface area contributed by atoms with Crippen molar-refractivity contribution in [2.45, 2.75) is 72.1 Å². The number of hydrogen-bond acceptors (Lipinski definition) is 2. The minimum absolute atomic E-state index is 0.185. The monoisotopic (exact) mass is 282 g/mol. The summed E-state index contributed by atoms with van der Waals surface area (Å²) in [4.78, 5) is 11.9. The van der Waals surface area contributed by atoms with Gasteiger partial charge in [0.1, 0.15) is 0 Å². The Labute approximate surface area is 125 Å². The van der Waals surface area contributed by atoms with E-state index in [1.165, 1.54) is 25.7 Å². The second-order valence-corrected chi connectivity index (χ2v) is 7.48. The summed E-state index contributed by atoms with van der Waals surface area (Å²) in [6.45, 7) is 8.29. The standard InChI is InChI=1S/C17H34N2O/c1-14-5-4-6-15(13-14)8-12-19-16(20)7-9-17(2,3)10-11-18/h14-15H,4-13,18H2,1-3H3,(H,19,20). The van der Waals surface area contributed by atoms with E-state index in [9.17, 15) is 4.79 Å². The Balaban J connectivity index is 2.11. The van der Waals surface area contributed by atoms with E-state index in [4.69, 9.17) is 5.73 Å². The van der Waals surface area contributed by atoms with Gasteiger partial charge < -0.3 is 11.1 Å². The van der Waals surface area contributed by atoms with Crippen LogP contribution >= 0.6 is 0 Å². The molecule has 1 fully saturated rings. The molecule has 118 valence electrons. The van der Waals surface area contributed by atoms with Crippen molar-refractivity contribution in [3.8, 4) is 0 Å². The molecule has 0 aliphatic heterocycles. The zero-order valence-corrected chi connectivity index (χ0v) is 13.7. The topological polar surface area (TPSA) is 55.1 Å². The predicted octanol–water partition coefficient (Wildman–Crippen LogP) is 3.47. The van der Waals surface area contributed by atoms with E-state index in [2.05, 4.69) is 26.1 Å². The highest BCUT2D eigenvalue weighted by Crippen LogP contribution is 2.30. The lowest BCUT2D eigenvalue weighted by Gasteiger charge is -2.27. The second-order valence-electron chi connectivity index (χ2n) is 7.48. The fraction of sp³-hybridized carbons (Fsp3) is 0.941. The summed E-state index contributed by atoms with van der Waals surface area (Å²) in [6, 6.07) is 0. The molecule has 3 heteroatoms. The van der Waals surface area contributed by atoms with E-state index >= 15 is 0 Å². The van der Waals surface area contributed by atoms with Crippen molar-refractivity contribution in [2.75, 3.05) is 13.1 Å². The lowest BCUT2D eigenvalue weighted by atomic mass is 9.81. The van der Waals surface area contributed by atoms with Gasteiger partial charge in [0.25, 0.3) is 0 Å². The van der Waals surface area contributed by atoms with Crippen molar-refractivity contribution in [2.24, 2.45) is 23.0 Å². The van der Waals surface area contributed by atoms with Gasteiger partial charge in [-0.1, -0.05) is 40.0 Å². The van der Waals surface area contributed by atoms with E-state index in [0.717, 1.165) is 37.6 Å². The first-order valence-corrected chi connectivity index (χ1v) is 8.40. The quantitative estimate of drug-likeness (QED) is 0.716. The van der Waals surface area contributed by atoms with Crippen LogP contribution in [0.3, 0.4) is 0 Å². The lowest BCUT2D eigenvalue weighted by molar-refractivity contribution is -0.121. The average molecular weight is 282 g/mol. The van der Waals surface area contributed by atoms with Crippen LogP contribution in [0.5, 0.6) is 0 Å². The summed E-state index contributed by atoms with van der Waals surface area (Å²) in [5.41, 5.74) is 5.78. The molecule has 0 saturated heterocycles. The zero-order chi connectivity index (χ0) is 15.0. The van der Waals surface area contributed by atoms with Crippen molar-refractivity contribution in [1.82, 2.24) is 5.32 Å². The van der Waals surface area contributed by atoms with Crippen LogP contribution in [0, 0.1) is 17.3 Å². The summed E-state index contributed by atoms with van der Waals surface area (Å²) < 4.78 is 0. The molecule has 0 aromatic carbocycles. The molecule has 1 amide bonds. The van der Waals surface area contributed by atoms with Gasteiger partial charge in [-0.25, -0.2) is 0 Å². The molecule has 0 bridgehead atoms. The predicted molar refractivity (Wildman–Crippen MR) is 85.4 cm³/mol. The van der Waals surface area contributed by atoms with Gasteiger partial charge >= 0.3 is 0 Å². The van der Waals surface area contributed by atoms with Crippen molar-refractivity contribution < 1.29 is 4.79 Å². The van der Waals surface area contributed by atoms with Gasteiger partial charge in [-0.05, 0) is 49.5 Å². The maximum absolute atomic E-state index is 11.9. The minimum Gasteiger partial charge on any atom is -0.356 e. The Morgan fingerprint density at radius 1 is 1.30 bits per heavy atom. The normalized spacial score (nSPS) is 23.6. The van der Waals surface area contributed by atoms with E-state index in [1.807, 2.05) is 0 Å². The SMILES string of the molecule is CC1CCCC(CCNC(=O)CCC(C)(C)CCN)C1. The third-order valence-corrected chi connectivity index (χ3v) is 4.77. The molecule has 1 rings (SSSR count). The third kappa shape index (κ3) is 7.28. The van der Waals surface area contributed by atoms with Crippen LogP contribution in [0.2, 0.25) is 0 Å². The molecule has 0 aromatic rings. The van der Waals surface area contributed by atoms with Crippen LogP contribution in [-0.2, 0) is 4.79 Å². The molecule has 1 aliphatic carbocycles. The molecule has 3 nitrogen and oxygen atoms in total. The van der Waals surface area contributed by atoms with Gasteiger partial charge in [-0.2, -0.15) is 0 Å². The Hall–Kier alpha value is -0.570. The van der Waals surface area contributed by atoms with E-state index in [-0.39, 0.29) is 11.3 Å². The molecular formula is C17H34N2O.